The van der Waals surface area contributed by atoms with Gasteiger partial charge in [-0.15, -0.1) is 0 Å². The summed E-state index contributed by atoms with van der Waals surface area (Å²) in [6.07, 6.45) is 13.5. The Balaban J connectivity index is 1.89. The summed E-state index contributed by atoms with van der Waals surface area (Å²) < 4.78 is 0. The van der Waals surface area contributed by atoms with Gasteiger partial charge >= 0.3 is 0 Å². The maximum Gasteiger partial charge on any atom is -0.0210 e. The number of hydrogen-bond acceptors (Lipinski definition) is 0. The third kappa shape index (κ3) is 1.77. The smallest absolute Gasteiger partial charge is 0.0210 e. The van der Waals surface area contributed by atoms with E-state index in [2.05, 4.69) is 0 Å². The molecule has 0 saturated heterocycles. The summed E-state index contributed by atoms with van der Waals surface area (Å²) in [4.78, 5) is 0. The summed E-state index contributed by atoms with van der Waals surface area (Å²) in [6, 6.07) is 0. The maximum absolute atomic E-state index is 1.93. The van der Waals surface area contributed by atoms with Crippen LogP contribution in [0.1, 0.15) is 57.8 Å². The van der Waals surface area contributed by atoms with Crippen molar-refractivity contribution in [2.75, 3.05) is 0 Å². The molecule has 0 nitrogen and oxygen atoms in total. The molecule has 0 N–H and O–H groups in total. The largest absolute Gasteiger partial charge is 0.0533 e. The van der Waals surface area contributed by atoms with Crippen LogP contribution in [0.3, 0.4) is 0 Å². The lowest BCUT2D eigenvalue weighted by atomic mass is 9.84. The van der Waals surface area contributed by atoms with Gasteiger partial charge in [-0.05, 0) is 37.5 Å². The summed E-state index contributed by atoms with van der Waals surface area (Å²) >= 11 is 0. The van der Waals surface area contributed by atoms with Crippen LogP contribution in [0.25, 0.3) is 0 Å². The van der Waals surface area contributed by atoms with Gasteiger partial charge in [-0.1, -0.05) is 32.1 Å². The van der Waals surface area contributed by atoms with Crippen molar-refractivity contribution in [2.45, 2.75) is 57.8 Å². The molecule has 0 spiro atoms. The summed E-state index contributed by atoms with van der Waals surface area (Å²) in [6.45, 7) is 0. The Morgan fingerprint density at radius 1 is 0.727 bits per heavy atom. The van der Waals surface area contributed by atoms with E-state index in [1.807, 2.05) is 5.92 Å². The van der Waals surface area contributed by atoms with Crippen molar-refractivity contribution in [3.8, 4) is 0 Å². The second-order valence-corrected chi connectivity index (χ2v) is 4.20. The SMILES string of the molecule is C1CCCC2CCC[C]2CC1. The van der Waals surface area contributed by atoms with Crippen LogP contribution in [0.5, 0.6) is 0 Å². The summed E-state index contributed by atoms with van der Waals surface area (Å²) in [7, 11) is 0. The Morgan fingerprint density at radius 3 is 2.45 bits per heavy atom. The van der Waals surface area contributed by atoms with Gasteiger partial charge in [0.15, 0.2) is 0 Å². The van der Waals surface area contributed by atoms with Crippen molar-refractivity contribution in [3.05, 3.63) is 5.92 Å². The van der Waals surface area contributed by atoms with E-state index in [1.165, 1.54) is 57.8 Å². The summed E-state index contributed by atoms with van der Waals surface area (Å²) in [5.41, 5.74) is 0. The second kappa shape index (κ2) is 3.60. The Labute approximate surface area is 70.4 Å². The molecule has 63 valence electrons. The molecule has 1 radical (unpaired) electrons. The Morgan fingerprint density at radius 2 is 1.45 bits per heavy atom. The van der Waals surface area contributed by atoms with Gasteiger partial charge in [0.25, 0.3) is 0 Å². The van der Waals surface area contributed by atoms with E-state index in [-0.39, 0.29) is 0 Å². The molecule has 11 heavy (non-hydrogen) atoms. The van der Waals surface area contributed by atoms with E-state index in [0.29, 0.717) is 0 Å². The average molecular weight is 151 g/mol. The molecule has 0 aromatic carbocycles. The highest BCUT2D eigenvalue weighted by Crippen LogP contribution is 2.41. The van der Waals surface area contributed by atoms with Gasteiger partial charge in [-0.25, -0.2) is 0 Å². The first-order chi connectivity index (χ1) is 5.47. The topological polar surface area (TPSA) is 0 Å². The Hall–Kier alpha value is 0. The number of fused-ring (bicyclic) bond motifs is 1. The van der Waals surface area contributed by atoms with Gasteiger partial charge in [0.1, 0.15) is 0 Å². The van der Waals surface area contributed by atoms with Crippen molar-refractivity contribution in [1.82, 2.24) is 0 Å². The first-order valence-electron chi connectivity index (χ1n) is 5.31. The van der Waals surface area contributed by atoms with Crippen molar-refractivity contribution >= 4 is 0 Å². The van der Waals surface area contributed by atoms with Crippen LogP contribution in [-0.4, -0.2) is 0 Å². The molecule has 0 aromatic heterocycles. The first kappa shape index (κ1) is 7.64. The van der Waals surface area contributed by atoms with E-state index in [4.69, 9.17) is 0 Å². The highest BCUT2D eigenvalue weighted by Gasteiger charge is 2.27. The molecule has 2 rings (SSSR count). The lowest BCUT2D eigenvalue weighted by molar-refractivity contribution is 0.431. The predicted octanol–water partition coefficient (Wildman–Crippen LogP) is 3.72. The second-order valence-electron chi connectivity index (χ2n) is 4.20. The third-order valence-corrected chi connectivity index (χ3v) is 3.43. The molecule has 2 aliphatic rings. The van der Waals surface area contributed by atoms with Crippen molar-refractivity contribution in [2.24, 2.45) is 5.92 Å². The van der Waals surface area contributed by atoms with E-state index < -0.39 is 0 Å². The lowest BCUT2D eigenvalue weighted by Crippen LogP contribution is -2.07. The molecular weight excluding hydrogens is 132 g/mol. The van der Waals surface area contributed by atoms with Crippen LogP contribution < -0.4 is 0 Å². The van der Waals surface area contributed by atoms with E-state index >= 15 is 0 Å². The zero-order chi connectivity index (χ0) is 7.52. The molecule has 2 saturated carbocycles. The van der Waals surface area contributed by atoms with Crippen molar-refractivity contribution in [1.29, 1.82) is 0 Å². The van der Waals surface area contributed by atoms with Gasteiger partial charge in [0.2, 0.25) is 0 Å². The molecule has 0 heteroatoms. The third-order valence-electron chi connectivity index (χ3n) is 3.43. The first-order valence-corrected chi connectivity index (χ1v) is 5.31. The van der Waals surface area contributed by atoms with Gasteiger partial charge in [0.05, 0.1) is 0 Å². The van der Waals surface area contributed by atoms with Crippen molar-refractivity contribution in [3.63, 3.8) is 0 Å². The minimum atomic E-state index is 1.07. The van der Waals surface area contributed by atoms with Crippen LogP contribution in [0, 0.1) is 11.8 Å². The van der Waals surface area contributed by atoms with Gasteiger partial charge in [0, 0.05) is 0 Å². The minimum Gasteiger partial charge on any atom is -0.0533 e. The normalized spacial score (nSPS) is 34.4. The molecule has 0 aromatic rings. The minimum absolute atomic E-state index is 1.07. The van der Waals surface area contributed by atoms with Gasteiger partial charge in [-0.3, -0.25) is 0 Å². The van der Waals surface area contributed by atoms with Crippen LogP contribution in [0.4, 0.5) is 0 Å². The molecule has 1 atom stereocenters. The fraction of sp³-hybridized carbons (Fsp3) is 0.909. The summed E-state index contributed by atoms with van der Waals surface area (Å²) in [5.74, 6) is 3.00. The van der Waals surface area contributed by atoms with Gasteiger partial charge < -0.3 is 0 Å². The maximum atomic E-state index is 1.93. The van der Waals surface area contributed by atoms with Crippen LogP contribution in [0.15, 0.2) is 0 Å². The Kier molecular flexibility index (Phi) is 2.50. The van der Waals surface area contributed by atoms with Crippen LogP contribution in [0.2, 0.25) is 0 Å². The van der Waals surface area contributed by atoms with E-state index in [0.717, 1.165) is 5.92 Å². The molecule has 0 aliphatic heterocycles. The van der Waals surface area contributed by atoms with E-state index in [1.54, 1.807) is 0 Å². The number of rotatable bonds is 0. The predicted molar refractivity (Wildman–Crippen MR) is 48.3 cm³/mol. The average Bonchev–Trinajstić information content (AvgIpc) is 2.35. The monoisotopic (exact) mass is 151 g/mol. The molecule has 2 aliphatic carbocycles. The van der Waals surface area contributed by atoms with Crippen LogP contribution in [-0.2, 0) is 0 Å². The van der Waals surface area contributed by atoms with Crippen LogP contribution >= 0.6 is 0 Å². The van der Waals surface area contributed by atoms with E-state index in [9.17, 15) is 0 Å². The quantitative estimate of drug-likeness (QED) is 0.495. The zero-order valence-corrected chi connectivity index (χ0v) is 7.44. The molecule has 2 fully saturated rings. The molecule has 1 unspecified atom stereocenters. The standard InChI is InChI=1S/C11H19/c1-2-4-7-11-9-5-8-10(11)6-3-1/h10H,1-9H2. The Bertz CT molecular complexity index is 103. The fourth-order valence-electron chi connectivity index (χ4n) is 2.76. The van der Waals surface area contributed by atoms with Crippen molar-refractivity contribution < 1.29 is 0 Å². The molecule has 0 bridgehead atoms. The highest BCUT2D eigenvalue weighted by atomic mass is 14.3. The zero-order valence-electron chi connectivity index (χ0n) is 7.44. The molecule has 0 heterocycles. The summed E-state index contributed by atoms with van der Waals surface area (Å²) in [5, 5.41) is 0. The fourth-order valence-corrected chi connectivity index (χ4v) is 2.76. The highest BCUT2D eigenvalue weighted by molar-refractivity contribution is 5.01. The lowest BCUT2D eigenvalue weighted by Gasteiger charge is -2.21. The van der Waals surface area contributed by atoms with Gasteiger partial charge in [-0.2, -0.15) is 0 Å². The molecular formula is C11H19. The number of hydrogen-bond donors (Lipinski definition) is 0. The molecule has 0 amide bonds.